The second-order valence-electron chi connectivity index (χ2n) is 4.32. The largest absolute Gasteiger partial charge is 0.358 e. The van der Waals surface area contributed by atoms with Gasteiger partial charge in [0.2, 0.25) is 5.91 Å². The van der Waals surface area contributed by atoms with E-state index in [1.165, 1.54) is 5.56 Å². The summed E-state index contributed by atoms with van der Waals surface area (Å²) in [5.41, 5.74) is 2.39. The van der Waals surface area contributed by atoms with Gasteiger partial charge in [-0.05, 0) is 25.6 Å². The number of nitrogens with zero attached hydrogens (tertiary/aromatic N) is 1. The Kier molecular flexibility index (Phi) is 3.64. The van der Waals surface area contributed by atoms with Crippen molar-refractivity contribution in [2.24, 2.45) is 0 Å². The van der Waals surface area contributed by atoms with E-state index in [0.29, 0.717) is 0 Å². The Morgan fingerprint density at radius 2 is 2.24 bits per heavy atom. The van der Waals surface area contributed by atoms with E-state index >= 15 is 0 Å². The molecule has 1 heterocycles. The Hall–Kier alpha value is -1.55. The molecule has 0 bridgehead atoms. The van der Waals surface area contributed by atoms with E-state index in [-0.39, 0.29) is 11.9 Å². The topological polar surface area (TPSA) is 44.4 Å². The van der Waals surface area contributed by atoms with Crippen molar-refractivity contribution in [3.05, 3.63) is 29.8 Å². The van der Waals surface area contributed by atoms with Crippen LogP contribution >= 0.6 is 0 Å². The van der Waals surface area contributed by atoms with Gasteiger partial charge in [-0.1, -0.05) is 18.2 Å². The first-order chi connectivity index (χ1) is 8.24. The fourth-order valence-electron chi connectivity index (χ4n) is 2.24. The molecule has 1 amide bonds. The van der Waals surface area contributed by atoms with Crippen molar-refractivity contribution < 1.29 is 4.79 Å². The molecule has 0 aromatic heterocycles. The van der Waals surface area contributed by atoms with Crippen molar-refractivity contribution >= 4 is 11.6 Å². The Balaban J connectivity index is 2.29. The van der Waals surface area contributed by atoms with E-state index < -0.39 is 0 Å². The molecule has 1 aromatic rings. The number of anilines is 1. The first kappa shape index (κ1) is 11.9. The second kappa shape index (κ2) is 5.19. The van der Waals surface area contributed by atoms with Gasteiger partial charge in [0.25, 0.3) is 0 Å². The highest BCUT2D eigenvalue weighted by Crippen LogP contribution is 2.23. The molecule has 4 heteroatoms. The summed E-state index contributed by atoms with van der Waals surface area (Å²) >= 11 is 0. The van der Waals surface area contributed by atoms with Crippen molar-refractivity contribution in [3.8, 4) is 0 Å². The maximum Gasteiger partial charge on any atom is 0.242 e. The van der Waals surface area contributed by atoms with E-state index in [1.54, 1.807) is 0 Å². The van der Waals surface area contributed by atoms with Crippen LogP contribution in [-0.4, -0.2) is 32.1 Å². The van der Waals surface area contributed by atoms with Gasteiger partial charge in [-0.2, -0.15) is 0 Å². The summed E-state index contributed by atoms with van der Waals surface area (Å²) in [5.74, 6) is 0.107. The third-order valence-electron chi connectivity index (χ3n) is 3.17. The lowest BCUT2D eigenvalue weighted by Gasteiger charge is -2.36. The summed E-state index contributed by atoms with van der Waals surface area (Å²) in [6, 6.07) is 8.15. The molecule has 1 fully saturated rings. The molecule has 2 N–H and O–H groups in total. The highest BCUT2D eigenvalue weighted by molar-refractivity contribution is 5.86. The average molecular weight is 233 g/mol. The standard InChI is InChI=1S/C13H19N3O/c1-10-13(17)15-7-8-16(10)12-6-4-3-5-11(12)9-14-2/h3-6,10,14H,7-9H2,1-2H3,(H,15,17). The van der Waals surface area contributed by atoms with Crippen molar-refractivity contribution in [2.75, 3.05) is 25.0 Å². The number of piperazine rings is 1. The van der Waals surface area contributed by atoms with Gasteiger partial charge in [0.1, 0.15) is 6.04 Å². The Bertz CT molecular complexity index is 405. The first-order valence-electron chi connectivity index (χ1n) is 6.01. The van der Waals surface area contributed by atoms with Gasteiger partial charge in [0.05, 0.1) is 0 Å². The molecule has 92 valence electrons. The molecule has 17 heavy (non-hydrogen) atoms. The van der Waals surface area contributed by atoms with Gasteiger partial charge >= 0.3 is 0 Å². The lowest BCUT2D eigenvalue weighted by Crippen LogP contribution is -2.54. The highest BCUT2D eigenvalue weighted by atomic mass is 16.2. The number of rotatable bonds is 3. The number of amides is 1. The summed E-state index contributed by atoms with van der Waals surface area (Å²) in [4.78, 5) is 13.9. The second-order valence-corrected chi connectivity index (χ2v) is 4.32. The van der Waals surface area contributed by atoms with Crippen LogP contribution in [0.1, 0.15) is 12.5 Å². The summed E-state index contributed by atoms with van der Waals surface area (Å²) in [6.07, 6.45) is 0. The van der Waals surface area contributed by atoms with E-state index in [4.69, 9.17) is 0 Å². The van der Waals surface area contributed by atoms with Crippen LogP contribution in [0, 0.1) is 0 Å². The number of para-hydroxylation sites is 1. The Morgan fingerprint density at radius 3 is 3.00 bits per heavy atom. The third-order valence-corrected chi connectivity index (χ3v) is 3.17. The molecular formula is C13H19N3O. The van der Waals surface area contributed by atoms with Gasteiger partial charge in [-0.25, -0.2) is 0 Å². The van der Waals surface area contributed by atoms with E-state index in [9.17, 15) is 4.79 Å². The number of carbonyl (C=O) groups excluding carboxylic acids is 1. The van der Waals surface area contributed by atoms with Crippen molar-refractivity contribution in [1.29, 1.82) is 0 Å². The van der Waals surface area contributed by atoms with Crippen LogP contribution in [0.4, 0.5) is 5.69 Å². The Morgan fingerprint density at radius 1 is 1.47 bits per heavy atom. The smallest absolute Gasteiger partial charge is 0.242 e. The van der Waals surface area contributed by atoms with Crippen LogP contribution in [0.25, 0.3) is 0 Å². The quantitative estimate of drug-likeness (QED) is 0.809. The molecule has 0 radical (unpaired) electrons. The molecule has 0 spiro atoms. The SMILES string of the molecule is CNCc1ccccc1N1CCNC(=O)C1C. The fraction of sp³-hybridized carbons (Fsp3) is 0.462. The maximum atomic E-state index is 11.7. The zero-order chi connectivity index (χ0) is 12.3. The average Bonchev–Trinajstić information content (AvgIpc) is 2.34. The van der Waals surface area contributed by atoms with Crippen molar-refractivity contribution in [1.82, 2.24) is 10.6 Å². The van der Waals surface area contributed by atoms with Gasteiger partial charge in [-0.15, -0.1) is 0 Å². The number of hydrogen-bond donors (Lipinski definition) is 2. The molecule has 4 nitrogen and oxygen atoms in total. The molecule has 1 atom stereocenters. The minimum Gasteiger partial charge on any atom is -0.358 e. The maximum absolute atomic E-state index is 11.7. The van der Waals surface area contributed by atoms with Crippen LogP contribution in [0.15, 0.2) is 24.3 Å². The third kappa shape index (κ3) is 2.42. The lowest BCUT2D eigenvalue weighted by molar-refractivity contribution is -0.122. The lowest BCUT2D eigenvalue weighted by atomic mass is 10.1. The molecule has 1 saturated heterocycles. The molecule has 1 aromatic carbocycles. The predicted octanol–water partition coefficient (Wildman–Crippen LogP) is 0.731. The summed E-state index contributed by atoms with van der Waals surface area (Å²) in [6.45, 7) is 4.36. The fourth-order valence-corrected chi connectivity index (χ4v) is 2.24. The summed E-state index contributed by atoms with van der Waals surface area (Å²) in [7, 11) is 1.93. The highest BCUT2D eigenvalue weighted by Gasteiger charge is 2.26. The Labute approximate surface area is 102 Å². The van der Waals surface area contributed by atoms with Gasteiger partial charge in [0, 0.05) is 25.3 Å². The number of benzene rings is 1. The molecule has 1 aliphatic rings. The molecule has 0 aliphatic carbocycles. The van der Waals surface area contributed by atoms with Crippen LogP contribution in [0.5, 0.6) is 0 Å². The van der Waals surface area contributed by atoms with Gasteiger partial charge in [-0.3, -0.25) is 4.79 Å². The molecule has 0 saturated carbocycles. The van der Waals surface area contributed by atoms with Crippen LogP contribution in [-0.2, 0) is 11.3 Å². The van der Waals surface area contributed by atoms with Crippen LogP contribution < -0.4 is 15.5 Å². The van der Waals surface area contributed by atoms with Gasteiger partial charge < -0.3 is 15.5 Å². The molecule has 2 rings (SSSR count). The van der Waals surface area contributed by atoms with Crippen LogP contribution in [0.3, 0.4) is 0 Å². The monoisotopic (exact) mass is 233 g/mol. The van der Waals surface area contributed by atoms with E-state index in [2.05, 4.69) is 27.7 Å². The minimum absolute atomic E-state index is 0.0956. The summed E-state index contributed by atoms with van der Waals surface area (Å²) in [5, 5.41) is 6.05. The number of hydrogen-bond acceptors (Lipinski definition) is 3. The van der Waals surface area contributed by atoms with Gasteiger partial charge in [0.15, 0.2) is 0 Å². The minimum atomic E-state index is -0.0956. The normalized spacial score (nSPS) is 20.2. The predicted molar refractivity (Wildman–Crippen MR) is 69.0 cm³/mol. The zero-order valence-electron chi connectivity index (χ0n) is 10.4. The molecular weight excluding hydrogens is 214 g/mol. The van der Waals surface area contributed by atoms with Crippen LogP contribution in [0.2, 0.25) is 0 Å². The summed E-state index contributed by atoms with van der Waals surface area (Å²) < 4.78 is 0. The van der Waals surface area contributed by atoms with Crippen molar-refractivity contribution in [3.63, 3.8) is 0 Å². The van der Waals surface area contributed by atoms with Crippen molar-refractivity contribution in [2.45, 2.75) is 19.5 Å². The zero-order valence-corrected chi connectivity index (χ0v) is 10.4. The van der Waals surface area contributed by atoms with E-state index in [1.807, 2.05) is 26.1 Å². The number of nitrogens with one attached hydrogen (secondary N) is 2. The molecule has 1 aliphatic heterocycles. The first-order valence-corrected chi connectivity index (χ1v) is 6.01. The molecule has 1 unspecified atom stereocenters. The number of carbonyl (C=O) groups is 1. The van der Waals surface area contributed by atoms with E-state index in [0.717, 1.165) is 25.3 Å².